The first-order valence-electron chi connectivity index (χ1n) is 42.6. The van der Waals surface area contributed by atoms with Crippen LogP contribution in [0.1, 0.15) is 100 Å². The number of para-hydroxylation sites is 1. The van der Waals surface area contributed by atoms with E-state index in [2.05, 4.69) is 58.2 Å². The Balaban J connectivity index is 1.20. The van der Waals surface area contributed by atoms with Gasteiger partial charge in [0.25, 0.3) is 0 Å². The smallest absolute Gasteiger partial charge is 0.305 e. The Hall–Kier alpha value is -12.8. The summed E-state index contributed by atoms with van der Waals surface area (Å²) in [4.78, 5) is 213. The van der Waals surface area contributed by atoms with Crippen LogP contribution in [0.3, 0.4) is 0 Å². The van der Waals surface area contributed by atoms with Gasteiger partial charge in [0.15, 0.2) is 0 Å². The molecular formula is C92H120N16O19S. The number of hydrogen-bond donors (Lipinski definition) is 17. The van der Waals surface area contributed by atoms with E-state index in [0.717, 1.165) is 31.4 Å². The minimum absolute atomic E-state index is 0.0381. The number of β-amino-alcohol motifs (C(OH)–C–C–N with tert-alkyl or cyclic N) is 2. The van der Waals surface area contributed by atoms with Crippen molar-refractivity contribution in [2.75, 3.05) is 59.3 Å². The fourth-order valence-corrected chi connectivity index (χ4v) is 15.7. The van der Waals surface area contributed by atoms with E-state index in [4.69, 9.17) is 5.73 Å². The number of aliphatic carboxylic acids is 1. The lowest BCUT2D eigenvalue weighted by Gasteiger charge is -2.35. The number of carbonyl (C=O) groups is 14. The second-order valence-electron chi connectivity index (χ2n) is 32.9. The number of thioether (sulfide) groups is 1. The van der Waals surface area contributed by atoms with Crippen molar-refractivity contribution in [1.82, 2.24) is 77.8 Å². The van der Waals surface area contributed by atoms with Gasteiger partial charge in [-0.05, 0) is 94.8 Å². The number of fused-ring (bicyclic) bond motifs is 1. The van der Waals surface area contributed by atoms with Crippen molar-refractivity contribution in [3.63, 3.8) is 0 Å². The van der Waals surface area contributed by atoms with Crippen LogP contribution >= 0.6 is 11.8 Å². The Morgan fingerprint density at radius 3 is 1.44 bits per heavy atom. The lowest BCUT2D eigenvalue weighted by atomic mass is 9.98. The van der Waals surface area contributed by atoms with Crippen molar-refractivity contribution in [2.24, 2.45) is 17.6 Å². The molecule has 1 fully saturated rings. The molecule has 0 bridgehead atoms. The maximum absolute atomic E-state index is 15.4. The van der Waals surface area contributed by atoms with Gasteiger partial charge in [-0.3, -0.25) is 77.8 Å². The molecule has 0 spiro atoms. The molecule has 35 nitrogen and oxygen atoms in total. The van der Waals surface area contributed by atoms with Crippen LogP contribution in [0.15, 0.2) is 170 Å². The molecule has 1 aliphatic rings. The number of aromatic hydroxyl groups is 2. The molecule has 0 aliphatic carbocycles. The van der Waals surface area contributed by atoms with E-state index in [-0.39, 0.29) is 74.5 Å². The van der Waals surface area contributed by atoms with Crippen LogP contribution in [0, 0.1) is 11.8 Å². The molecule has 2 heterocycles. The van der Waals surface area contributed by atoms with Crippen LogP contribution in [0.25, 0.3) is 10.9 Å². The second kappa shape index (κ2) is 49.4. The number of nitrogens with zero attached hydrogens (tertiary/aromatic N) is 4. The van der Waals surface area contributed by atoms with Crippen molar-refractivity contribution < 1.29 is 92.7 Å². The third-order valence-electron chi connectivity index (χ3n) is 21.9. The number of aliphatic hydroxyl groups excluding tert-OH is 2. The predicted molar refractivity (Wildman–Crippen MR) is 479 cm³/mol. The lowest BCUT2D eigenvalue weighted by molar-refractivity contribution is -0.145. The van der Waals surface area contributed by atoms with Gasteiger partial charge in [-0.25, -0.2) is 0 Å². The third kappa shape index (κ3) is 31.1. The lowest BCUT2D eigenvalue weighted by Crippen LogP contribution is -2.61. The first-order valence-corrected chi connectivity index (χ1v) is 43.7. The number of primary amides is 1. The SMILES string of the molecule is CCCCC1NC(=O)C(Cc2ccccc2)N(C)C(=O)C(Cc2ccccc2)NC(=O)CSCC(C(=O)NCC(N)=O)NC(=O)C(CC(C)C)NC(=O)C(Cc2ccc(O)cc2)NC(=O)C(Cc2c[nH]c3ccccc23)NC(O)CN(C)C(=O)C(Cc2ccc(O)cc2)NC(=O)C(Cc2ccccc2)N(C)C(=O)C(C(C)C)NC(=O)C(CC(=O)O)NC(O)CN(C)C1=O. The molecule has 13 atom stereocenters. The summed E-state index contributed by atoms with van der Waals surface area (Å²) >= 11 is 0.837. The molecule has 1 saturated heterocycles. The normalized spacial score (nSPS) is 23.2. The highest BCUT2D eigenvalue weighted by atomic mass is 32.2. The molecule has 7 aromatic rings. The minimum Gasteiger partial charge on any atom is -0.508 e. The summed E-state index contributed by atoms with van der Waals surface area (Å²) in [5.41, 5.74) is 9.26. The minimum atomic E-state index is -1.86. The number of hydrogen-bond acceptors (Lipinski definition) is 21. The average molecular weight is 1790 g/mol. The summed E-state index contributed by atoms with van der Waals surface area (Å²) in [7, 11) is 5.30. The number of likely N-dealkylation sites (N-methyl/N-ethyl adjacent to an activating group) is 4. The molecule has 1 aliphatic heterocycles. The fourth-order valence-electron chi connectivity index (χ4n) is 14.9. The molecule has 13 amide bonds. The van der Waals surface area contributed by atoms with E-state index in [1.165, 1.54) is 76.7 Å². The van der Waals surface area contributed by atoms with Crippen molar-refractivity contribution in [3.05, 3.63) is 203 Å². The summed E-state index contributed by atoms with van der Waals surface area (Å²) in [6.07, 6.45) is -3.25. The molecule has 6 aromatic carbocycles. The molecule has 688 valence electrons. The van der Waals surface area contributed by atoms with Crippen LogP contribution < -0.4 is 58.9 Å². The van der Waals surface area contributed by atoms with Gasteiger partial charge in [-0.15, -0.1) is 11.8 Å². The highest BCUT2D eigenvalue weighted by Gasteiger charge is 2.41. The van der Waals surface area contributed by atoms with Crippen LogP contribution in [-0.2, 0) is 106 Å². The van der Waals surface area contributed by atoms with Crippen LogP contribution in [0.5, 0.6) is 11.5 Å². The Morgan fingerprint density at radius 2 is 0.922 bits per heavy atom. The number of nitrogens with two attached hydrogens (primary N) is 1. The maximum atomic E-state index is 15.4. The zero-order valence-electron chi connectivity index (χ0n) is 73.4. The van der Waals surface area contributed by atoms with Crippen molar-refractivity contribution >= 4 is 105 Å². The van der Waals surface area contributed by atoms with Gasteiger partial charge in [-0.1, -0.05) is 181 Å². The van der Waals surface area contributed by atoms with Crippen LogP contribution in [0.2, 0.25) is 0 Å². The van der Waals surface area contributed by atoms with Gasteiger partial charge in [-0.2, -0.15) is 0 Å². The van der Waals surface area contributed by atoms with Gasteiger partial charge >= 0.3 is 5.97 Å². The number of nitrogens with one attached hydrogen (secondary N) is 11. The Morgan fingerprint density at radius 1 is 0.484 bits per heavy atom. The molecule has 128 heavy (non-hydrogen) atoms. The zero-order chi connectivity index (χ0) is 93.4. The number of unbranched alkanes of at least 4 members (excludes halogenated alkanes) is 1. The number of carboxylic acids is 1. The third-order valence-corrected chi connectivity index (χ3v) is 22.9. The number of aromatic amines is 1. The topological polar surface area (TPSA) is 515 Å². The number of phenols is 2. The highest BCUT2D eigenvalue weighted by molar-refractivity contribution is 8.00. The van der Waals surface area contributed by atoms with Crippen molar-refractivity contribution in [1.29, 1.82) is 0 Å². The number of phenolic OH excluding ortho intramolecular Hbond substituents is 2. The number of aliphatic hydroxyl groups is 2. The number of aromatic nitrogens is 1. The summed E-state index contributed by atoms with van der Waals surface area (Å²) in [6.45, 7) is 6.64. The van der Waals surface area contributed by atoms with Crippen LogP contribution in [0.4, 0.5) is 0 Å². The summed E-state index contributed by atoms with van der Waals surface area (Å²) < 4.78 is 0. The average Bonchev–Trinajstić information content (AvgIpc) is 1.59. The molecule has 13 unspecified atom stereocenters. The number of rotatable bonds is 23. The van der Waals surface area contributed by atoms with E-state index >= 15 is 33.6 Å². The van der Waals surface area contributed by atoms with Gasteiger partial charge in [0, 0.05) is 83.1 Å². The van der Waals surface area contributed by atoms with Gasteiger partial charge < -0.3 is 98.4 Å². The maximum Gasteiger partial charge on any atom is 0.305 e. The molecule has 0 saturated carbocycles. The molecule has 8 rings (SSSR count). The largest absolute Gasteiger partial charge is 0.508 e. The summed E-state index contributed by atoms with van der Waals surface area (Å²) in [6, 6.07) is 28.0. The number of carbonyl (C=O) groups excluding carboxylic acids is 13. The Bertz CT molecular complexity index is 4920. The number of carboxylic acid groups (broad SMARTS) is 1. The van der Waals surface area contributed by atoms with Gasteiger partial charge in [0.05, 0.1) is 43.9 Å². The first kappa shape index (κ1) is 101. The molecular weight excluding hydrogens is 1670 g/mol. The Labute approximate surface area is 748 Å². The van der Waals surface area contributed by atoms with Crippen LogP contribution in [-0.4, -0.2) is 271 Å². The monoisotopic (exact) mass is 1780 g/mol. The molecule has 18 N–H and O–H groups in total. The molecule has 0 radical (unpaired) electrons. The van der Waals surface area contributed by atoms with Gasteiger partial charge in [0.1, 0.15) is 78.3 Å². The van der Waals surface area contributed by atoms with E-state index in [9.17, 15) is 59.1 Å². The Kier molecular flexibility index (Phi) is 38.8. The number of amides is 13. The van der Waals surface area contributed by atoms with E-state index < -0.39 is 199 Å². The predicted octanol–water partition coefficient (Wildman–Crippen LogP) is 1.57. The number of H-pyrrole nitrogens is 1. The van der Waals surface area contributed by atoms with E-state index in [0.29, 0.717) is 57.1 Å². The molecule has 36 heteroatoms. The van der Waals surface area contributed by atoms with Crippen molar-refractivity contribution in [2.45, 2.75) is 184 Å². The highest BCUT2D eigenvalue weighted by Crippen LogP contribution is 2.24. The zero-order valence-corrected chi connectivity index (χ0v) is 74.2. The quantitative estimate of drug-likeness (QED) is 0.0432. The second-order valence-corrected chi connectivity index (χ2v) is 34.0. The molecule has 1 aromatic heterocycles. The summed E-state index contributed by atoms with van der Waals surface area (Å²) in [5, 5.41) is 83.1. The first-order chi connectivity index (χ1) is 60.9. The van der Waals surface area contributed by atoms with Crippen molar-refractivity contribution in [3.8, 4) is 11.5 Å². The standard InChI is InChI=1S/C92H120N16O19S/c1-10-11-30-66-89(124)105(6)50-78(113)97-70(47-80(115)116)86(121)104-81(55(4)5)92(127)108(9)75(45-58-27-19-14-20-28-58)88(123)102-71(43-60-34-38-63(110)39-35-60)90(125)106(7)51-77(112)96-69(46-61-48-94-65-31-22-21-29-64(61)65)85(120)101-68(41-59-32-36-62(109)37-33-59)84(119)100-67(40-54(2)3)83(118)103-73(82(117)95-49-76(93)111)52-128-53-79(114)98-72(42-56-23-15-12-16-24-56)91(126)107(8)74(87(122)99-66)44-57-25-17-13-18-26-57/h12-29,31-39,48,54-55,66-75,77-78,81,94,96-97,109-110,112-113H,10-11,30,40-47,49-53H2,1-9H3,(H2,93,111)(H,95,117)(H,98,114)(H,99,122)(H,100,119)(H,101,120)(H,102,123)(H,103,118)(H,104,121)(H,115,116). The number of benzene rings is 6. The van der Waals surface area contributed by atoms with Gasteiger partial charge in [0.2, 0.25) is 76.8 Å². The summed E-state index contributed by atoms with van der Waals surface area (Å²) in [5.74, 6) is -15.0. The van der Waals surface area contributed by atoms with E-state index in [1.54, 1.807) is 149 Å². The van der Waals surface area contributed by atoms with E-state index in [1.807, 2.05) is 6.92 Å². The fraction of sp³-hybridized carbons (Fsp3) is 0.435.